The Morgan fingerprint density at radius 1 is 1.16 bits per heavy atom. The molecule has 3 unspecified atom stereocenters. The Morgan fingerprint density at radius 3 is 2.57 bits per heavy atom. The summed E-state index contributed by atoms with van der Waals surface area (Å²) in [5.74, 6) is -0.305. The number of amides is 2. The standard InChI is InChI=1S/C30H33N7O7/c1-18-15-36(30(42)32-27(18)39)26-14-24(25(17-38)44-26)37-16-23(33-34-37)28(40)31-22(13-19-7-5-4-6-8-19)29(41)35(2)20-9-11-21(43-3)12-10-20/h4-12,15-16,22,24-26,38H,13-14,17H2,1-3H3,(H,31,40)(H,32,39,42)/t22-,24?,25?,26?/m0/s1. The number of likely N-dealkylation sites (N-methyl/N-ethyl adjacent to an activating group) is 1. The van der Waals surface area contributed by atoms with Gasteiger partial charge in [-0.1, -0.05) is 35.5 Å². The predicted molar refractivity (Wildman–Crippen MR) is 159 cm³/mol. The van der Waals surface area contributed by atoms with Crippen molar-refractivity contribution >= 4 is 17.5 Å². The Morgan fingerprint density at radius 2 is 1.89 bits per heavy atom. The van der Waals surface area contributed by atoms with Crippen LogP contribution in [0.3, 0.4) is 0 Å². The van der Waals surface area contributed by atoms with E-state index in [1.807, 2.05) is 30.3 Å². The molecule has 230 valence electrons. The first-order valence-electron chi connectivity index (χ1n) is 13.9. The molecule has 4 atom stereocenters. The van der Waals surface area contributed by atoms with Crippen LogP contribution in [-0.4, -0.2) is 74.4 Å². The quantitative estimate of drug-likeness (QED) is 0.239. The van der Waals surface area contributed by atoms with Crippen molar-refractivity contribution in [3.63, 3.8) is 0 Å². The van der Waals surface area contributed by atoms with Crippen LogP contribution in [0.4, 0.5) is 5.69 Å². The summed E-state index contributed by atoms with van der Waals surface area (Å²) in [5.41, 5.74) is 0.623. The number of nitrogens with one attached hydrogen (secondary N) is 2. The zero-order valence-corrected chi connectivity index (χ0v) is 24.4. The number of methoxy groups -OCH3 is 1. The van der Waals surface area contributed by atoms with Crippen LogP contribution in [0.25, 0.3) is 0 Å². The minimum absolute atomic E-state index is 0.0415. The van der Waals surface area contributed by atoms with Gasteiger partial charge in [0, 0.05) is 37.3 Å². The monoisotopic (exact) mass is 603 g/mol. The number of nitrogens with zero attached hydrogens (tertiary/aromatic N) is 5. The molecule has 2 amide bonds. The second-order valence-electron chi connectivity index (χ2n) is 10.5. The highest BCUT2D eigenvalue weighted by Gasteiger charge is 2.39. The fourth-order valence-corrected chi connectivity index (χ4v) is 5.12. The van der Waals surface area contributed by atoms with Gasteiger partial charge in [-0.15, -0.1) is 5.10 Å². The van der Waals surface area contributed by atoms with Crippen LogP contribution in [0, 0.1) is 6.92 Å². The van der Waals surface area contributed by atoms with Crippen molar-refractivity contribution in [2.45, 2.75) is 44.2 Å². The highest BCUT2D eigenvalue weighted by molar-refractivity contribution is 6.01. The molecule has 0 saturated carbocycles. The normalized spacial score (nSPS) is 18.5. The zero-order chi connectivity index (χ0) is 31.4. The van der Waals surface area contributed by atoms with E-state index in [1.54, 1.807) is 45.3 Å². The Balaban J connectivity index is 1.34. The topological polar surface area (TPSA) is 174 Å². The van der Waals surface area contributed by atoms with E-state index in [1.165, 1.54) is 26.5 Å². The number of aromatic amines is 1. The van der Waals surface area contributed by atoms with Crippen LogP contribution in [-0.2, 0) is 16.0 Å². The maximum Gasteiger partial charge on any atom is 0.330 e. The van der Waals surface area contributed by atoms with E-state index in [4.69, 9.17) is 9.47 Å². The van der Waals surface area contributed by atoms with Gasteiger partial charge in [0.15, 0.2) is 5.69 Å². The summed E-state index contributed by atoms with van der Waals surface area (Å²) < 4.78 is 13.8. The molecule has 1 aliphatic heterocycles. The molecule has 4 aromatic rings. The first-order valence-corrected chi connectivity index (χ1v) is 13.9. The molecule has 1 fully saturated rings. The average Bonchev–Trinajstić information content (AvgIpc) is 3.70. The Hall–Kier alpha value is -5.08. The van der Waals surface area contributed by atoms with Gasteiger partial charge in [0.2, 0.25) is 5.91 Å². The lowest BCUT2D eigenvalue weighted by atomic mass is 10.0. The largest absolute Gasteiger partial charge is 0.497 e. The molecule has 2 aromatic carbocycles. The third-order valence-electron chi connectivity index (χ3n) is 7.60. The van der Waals surface area contributed by atoms with Gasteiger partial charge >= 0.3 is 5.69 Å². The van der Waals surface area contributed by atoms with Gasteiger partial charge in [-0.2, -0.15) is 0 Å². The lowest BCUT2D eigenvalue weighted by Gasteiger charge is -2.25. The van der Waals surface area contributed by atoms with E-state index < -0.39 is 41.6 Å². The Kier molecular flexibility index (Phi) is 9.01. The summed E-state index contributed by atoms with van der Waals surface area (Å²) in [5, 5.41) is 20.9. The van der Waals surface area contributed by atoms with Gasteiger partial charge in [0.1, 0.15) is 24.1 Å². The summed E-state index contributed by atoms with van der Waals surface area (Å²) in [7, 11) is 3.19. The molecule has 0 aliphatic carbocycles. The number of carbonyl (C=O) groups is 2. The van der Waals surface area contributed by atoms with Crippen molar-refractivity contribution in [1.29, 1.82) is 0 Å². The lowest BCUT2D eigenvalue weighted by Crippen LogP contribution is -2.48. The van der Waals surface area contributed by atoms with Crippen LogP contribution < -0.4 is 26.2 Å². The van der Waals surface area contributed by atoms with E-state index in [9.17, 15) is 24.3 Å². The van der Waals surface area contributed by atoms with Crippen molar-refractivity contribution in [3.05, 3.63) is 105 Å². The molecule has 14 heteroatoms. The number of rotatable bonds is 10. The average molecular weight is 604 g/mol. The summed E-state index contributed by atoms with van der Waals surface area (Å²) >= 11 is 0. The molecule has 3 heterocycles. The molecule has 5 rings (SSSR count). The SMILES string of the molecule is COc1ccc(N(C)C(=O)[C@H](Cc2ccccc2)NC(=O)c2cn(C3CC(n4cc(C)c(=O)[nH]c4=O)OC3CO)nn2)cc1. The van der Waals surface area contributed by atoms with Crippen molar-refractivity contribution in [2.24, 2.45) is 0 Å². The number of aryl methyl sites for hydroxylation is 1. The third-order valence-corrected chi connectivity index (χ3v) is 7.60. The molecular weight excluding hydrogens is 570 g/mol. The number of aliphatic hydroxyl groups is 1. The number of H-pyrrole nitrogens is 1. The summed E-state index contributed by atoms with van der Waals surface area (Å²) in [4.78, 5) is 55.0. The zero-order valence-electron chi connectivity index (χ0n) is 24.4. The first kappa shape index (κ1) is 30.4. The smallest absolute Gasteiger partial charge is 0.330 e. The Labute approximate surface area is 251 Å². The molecule has 44 heavy (non-hydrogen) atoms. The van der Waals surface area contributed by atoms with Crippen LogP contribution >= 0.6 is 0 Å². The third kappa shape index (κ3) is 6.45. The minimum Gasteiger partial charge on any atom is -0.497 e. The summed E-state index contributed by atoms with van der Waals surface area (Å²) in [6, 6.07) is 14.8. The molecule has 1 saturated heterocycles. The molecule has 3 N–H and O–H groups in total. The second kappa shape index (κ2) is 13.1. The van der Waals surface area contributed by atoms with Gasteiger partial charge < -0.3 is 24.8 Å². The molecule has 2 aromatic heterocycles. The van der Waals surface area contributed by atoms with E-state index in [0.29, 0.717) is 17.0 Å². The fraction of sp³-hybridized carbons (Fsp3) is 0.333. The van der Waals surface area contributed by atoms with Crippen molar-refractivity contribution in [3.8, 4) is 5.75 Å². The number of hydrogen-bond acceptors (Lipinski definition) is 9. The van der Waals surface area contributed by atoms with Crippen LogP contribution in [0.2, 0.25) is 0 Å². The van der Waals surface area contributed by atoms with Crippen LogP contribution in [0.5, 0.6) is 5.75 Å². The second-order valence-corrected chi connectivity index (χ2v) is 10.5. The molecule has 0 bridgehead atoms. The number of ether oxygens (including phenoxy) is 2. The predicted octanol–water partition coefficient (Wildman–Crippen LogP) is 0.970. The molecular formula is C30H33N7O7. The van der Waals surface area contributed by atoms with E-state index in [-0.39, 0.29) is 31.0 Å². The number of hydrogen-bond donors (Lipinski definition) is 3. The van der Waals surface area contributed by atoms with Crippen molar-refractivity contribution < 1.29 is 24.2 Å². The summed E-state index contributed by atoms with van der Waals surface area (Å²) in [6.45, 7) is 1.18. The first-order chi connectivity index (χ1) is 21.2. The fourth-order valence-electron chi connectivity index (χ4n) is 5.12. The van der Waals surface area contributed by atoms with Crippen molar-refractivity contribution in [1.82, 2.24) is 29.9 Å². The summed E-state index contributed by atoms with van der Waals surface area (Å²) in [6.07, 6.45) is 1.70. The highest BCUT2D eigenvalue weighted by Crippen LogP contribution is 2.35. The van der Waals surface area contributed by atoms with E-state index in [0.717, 1.165) is 5.56 Å². The highest BCUT2D eigenvalue weighted by atomic mass is 16.5. The van der Waals surface area contributed by atoms with Gasteiger partial charge in [-0.3, -0.25) is 23.9 Å². The van der Waals surface area contributed by atoms with Gasteiger partial charge in [-0.05, 0) is 36.8 Å². The van der Waals surface area contributed by atoms with Crippen LogP contribution in [0.1, 0.15) is 40.3 Å². The number of aliphatic hydroxyl groups excluding tert-OH is 1. The Bertz CT molecular complexity index is 1730. The molecule has 1 aliphatic rings. The van der Waals surface area contributed by atoms with Gasteiger partial charge in [-0.25, -0.2) is 9.48 Å². The van der Waals surface area contributed by atoms with Crippen molar-refractivity contribution in [2.75, 3.05) is 25.7 Å². The minimum atomic E-state index is -0.929. The number of aromatic nitrogens is 5. The maximum atomic E-state index is 13.7. The van der Waals surface area contributed by atoms with Crippen LogP contribution in [0.15, 0.2) is 76.6 Å². The molecule has 14 nitrogen and oxygen atoms in total. The number of carbonyl (C=O) groups excluding carboxylic acids is 2. The molecule has 0 spiro atoms. The van der Waals surface area contributed by atoms with E-state index >= 15 is 0 Å². The number of benzene rings is 2. The maximum absolute atomic E-state index is 13.7. The lowest BCUT2D eigenvalue weighted by molar-refractivity contribution is -0.120. The van der Waals surface area contributed by atoms with Gasteiger partial charge in [0.25, 0.3) is 11.5 Å². The molecule has 0 radical (unpaired) electrons. The number of anilines is 1. The van der Waals surface area contributed by atoms with Gasteiger partial charge in [0.05, 0.1) is 26.0 Å². The van der Waals surface area contributed by atoms with E-state index in [2.05, 4.69) is 20.6 Å².